The molecular weight excluding hydrogens is 191 g/mol. The Bertz CT molecular complexity index is 286. The molecule has 1 aromatic rings. The lowest BCUT2D eigenvalue weighted by atomic mass is 10.1. The fourth-order valence-electron chi connectivity index (χ4n) is 1.11. The lowest BCUT2D eigenvalue weighted by Gasteiger charge is -2.05. The molecule has 0 radical (unpaired) electrons. The highest BCUT2D eigenvalue weighted by atomic mass is 35.5. The minimum Gasteiger partial charge on any atom is -0.393 e. The molecule has 1 nitrogen and oxygen atoms in total. The summed E-state index contributed by atoms with van der Waals surface area (Å²) < 4.78 is 13.2. The molecule has 1 aromatic carbocycles. The fourth-order valence-corrected chi connectivity index (χ4v) is 1.30. The van der Waals surface area contributed by atoms with Crippen LogP contribution in [-0.4, -0.2) is 11.2 Å². The van der Waals surface area contributed by atoms with Crippen molar-refractivity contribution in [1.29, 1.82) is 0 Å². The summed E-state index contributed by atoms with van der Waals surface area (Å²) in [5.74, 6) is -0.371. The Morgan fingerprint density at radius 1 is 1.54 bits per heavy atom. The highest BCUT2D eigenvalue weighted by molar-refractivity contribution is 6.30. The average molecular weight is 203 g/mol. The molecule has 0 spiro atoms. The van der Waals surface area contributed by atoms with Crippen LogP contribution < -0.4 is 0 Å². The molecule has 0 aliphatic rings. The zero-order chi connectivity index (χ0) is 9.84. The van der Waals surface area contributed by atoms with Crippen molar-refractivity contribution in [3.8, 4) is 0 Å². The van der Waals surface area contributed by atoms with Crippen LogP contribution in [0.1, 0.15) is 18.9 Å². The van der Waals surface area contributed by atoms with E-state index in [-0.39, 0.29) is 10.8 Å². The Hall–Kier alpha value is -0.600. The van der Waals surface area contributed by atoms with E-state index in [9.17, 15) is 4.39 Å². The van der Waals surface area contributed by atoms with E-state index in [2.05, 4.69) is 0 Å². The van der Waals surface area contributed by atoms with Gasteiger partial charge in [-0.05, 0) is 31.4 Å². The lowest BCUT2D eigenvalue weighted by molar-refractivity contribution is 0.184. The molecule has 0 bridgehead atoms. The van der Waals surface area contributed by atoms with E-state index in [4.69, 9.17) is 16.7 Å². The largest absolute Gasteiger partial charge is 0.393 e. The van der Waals surface area contributed by atoms with Crippen LogP contribution >= 0.6 is 11.6 Å². The maximum atomic E-state index is 13.2. The van der Waals surface area contributed by atoms with Gasteiger partial charge in [-0.1, -0.05) is 23.7 Å². The van der Waals surface area contributed by atoms with Crippen molar-refractivity contribution >= 4 is 11.6 Å². The van der Waals surface area contributed by atoms with Gasteiger partial charge >= 0.3 is 0 Å². The predicted molar refractivity (Wildman–Crippen MR) is 51.4 cm³/mol. The Kier molecular flexibility index (Phi) is 3.70. The van der Waals surface area contributed by atoms with Gasteiger partial charge in [0.1, 0.15) is 5.82 Å². The first-order valence-electron chi connectivity index (χ1n) is 4.22. The minimum absolute atomic E-state index is 0.142. The number of aryl methyl sites for hydroxylation is 1. The summed E-state index contributed by atoms with van der Waals surface area (Å²) in [6.07, 6.45) is 0.666. The number of hydrogen-bond donors (Lipinski definition) is 1. The summed E-state index contributed by atoms with van der Waals surface area (Å²) in [7, 11) is 0. The van der Waals surface area contributed by atoms with Crippen LogP contribution in [0.5, 0.6) is 0 Å². The molecule has 0 saturated carbocycles. The summed E-state index contributed by atoms with van der Waals surface area (Å²) in [4.78, 5) is 0. The van der Waals surface area contributed by atoms with Gasteiger partial charge in [0, 0.05) is 0 Å². The number of aliphatic hydroxyl groups excluding tert-OH is 1. The smallest absolute Gasteiger partial charge is 0.144 e. The van der Waals surface area contributed by atoms with Gasteiger partial charge in [0.2, 0.25) is 0 Å². The van der Waals surface area contributed by atoms with Gasteiger partial charge in [0.05, 0.1) is 11.1 Å². The summed E-state index contributed by atoms with van der Waals surface area (Å²) in [6, 6.07) is 4.91. The normalized spacial score (nSPS) is 12.9. The van der Waals surface area contributed by atoms with Crippen molar-refractivity contribution in [2.24, 2.45) is 0 Å². The van der Waals surface area contributed by atoms with Crippen molar-refractivity contribution in [1.82, 2.24) is 0 Å². The first kappa shape index (κ1) is 10.5. The Labute approximate surface area is 82.2 Å². The molecule has 1 unspecified atom stereocenters. The summed E-state index contributed by atoms with van der Waals surface area (Å²) in [6.45, 7) is 1.68. The van der Waals surface area contributed by atoms with Crippen LogP contribution in [0.25, 0.3) is 0 Å². The number of hydrogen-bond acceptors (Lipinski definition) is 1. The van der Waals surface area contributed by atoms with Gasteiger partial charge < -0.3 is 5.11 Å². The number of rotatable bonds is 3. The molecule has 0 aliphatic heterocycles. The van der Waals surface area contributed by atoms with E-state index in [0.717, 1.165) is 0 Å². The molecule has 72 valence electrons. The Balaban J connectivity index is 2.71. The van der Waals surface area contributed by atoms with E-state index in [1.54, 1.807) is 19.1 Å². The third-order valence-electron chi connectivity index (χ3n) is 1.86. The van der Waals surface area contributed by atoms with Crippen molar-refractivity contribution in [3.63, 3.8) is 0 Å². The Morgan fingerprint density at radius 3 is 2.85 bits per heavy atom. The predicted octanol–water partition coefficient (Wildman–Crippen LogP) is 2.79. The highest BCUT2D eigenvalue weighted by Crippen LogP contribution is 2.19. The molecule has 0 aromatic heterocycles. The zero-order valence-corrected chi connectivity index (χ0v) is 8.18. The second-order valence-electron chi connectivity index (χ2n) is 3.10. The molecule has 1 rings (SSSR count). The quantitative estimate of drug-likeness (QED) is 0.799. The first-order chi connectivity index (χ1) is 6.11. The second-order valence-corrected chi connectivity index (χ2v) is 3.51. The lowest BCUT2D eigenvalue weighted by Crippen LogP contribution is -2.02. The van der Waals surface area contributed by atoms with Crippen LogP contribution in [0.15, 0.2) is 18.2 Å². The first-order valence-corrected chi connectivity index (χ1v) is 4.60. The zero-order valence-electron chi connectivity index (χ0n) is 7.43. The van der Waals surface area contributed by atoms with E-state index >= 15 is 0 Å². The third kappa shape index (κ3) is 2.98. The van der Waals surface area contributed by atoms with Crippen LogP contribution in [-0.2, 0) is 6.42 Å². The van der Waals surface area contributed by atoms with Crippen LogP contribution in [0, 0.1) is 5.82 Å². The topological polar surface area (TPSA) is 20.2 Å². The monoisotopic (exact) mass is 202 g/mol. The maximum absolute atomic E-state index is 13.2. The third-order valence-corrected chi connectivity index (χ3v) is 2.15. The summed E-state index contributed by atoms with van der Waals surface area (Å²) in [5, 5.41) is 9.16. The number of benzene rings is 1. The van der Waals surface area contributed by atoms with Gasteiger partial charge in [-0.25, -0.2) is 4.39 Å². The van der Waals surface area contributed by atoms with Gasteiger partial charge in [-0.15, -0.1) is 0 Å². The number of aliphatic hydroxyl groups is 1. The van der Waals surface area contributed by atoms with E-state index in [0.29, 0.717) is 18.4 Å². The van der Waals surface area contributed by atoms with E-state index < -0.39 is 6.10 Å². The molecular formula is C10H12ClFO. The fraction of sp³-hybridized carbons (Fsp3) is 0.400. The molecule has 0 amide bonds. The maximum Gasteiger partial charge on any atom is 0.144 e. The second kappa shape index (κ2) is 4.58. The van der Waals surface area contributed by atoms with E-state index in [1.807, 2.05) is 0 Å². The molecule has 13 heavy (non-hydrogen) atoms. The molecule has 0 aliphatic carbocycles. The average Bonchev–Trinajstić information content (AvgIpc) is 2.07. The molecule has 1 N–H and O–H groups in total. The van der Waals surface area contributed by atoms with Crippen molar-refractivity contribution in [3.05, 3.63) is 34.6 Å². The van der Waals surface area contributed by atoms with Crippen molar-refractivity contribution in [2.45, 2.75) is 25.9 Å². The SMILES string of the molecule is CC(O)CCc1cccc(Cl)c1F. The number of halogens is 2. The Morgan fingerprint density at radius 2 is 2.23 bits per heavy atom. The standard InChI is InChI=1S/C10H12ClFO/c1-7(13)5-6-8-3-2-4-9(11)10(8)12/h2-4,7,13H,5-6H2,1H3. The van der Waals surface area contributed by atoms with Gasteiger partial charge in [0.25, 0.3) is 0 Å². The highest BCUT2D eigenvalue weighted by Gasteiger charge is 2.06. The molecule has 0 heterocycles. The van der Waals surface area contributed by atoms with Crippen molar-refractivity contribution < 1.29 is 9.50 Å². The minimum atomic E-state index is -0.404. The van der Waals surface area contributed by atoms with Gasteiger partial charge in [-0.2, -0.15) is 0 Å². The van der Waals surface area contributed by atoms with Gasteiger partial charge in [0.15, 0.2) is 0 Å². The van der Waals surface area contributed by atoms with E-state index in [1.165, 1.54) is 6.07 Å². The summed E-state index contributed by atoms with van der Waals surface area (Å²) >= 11 is 5.59. The van der Waals surface area contributed by atoms with Crippen LogP contribution in [0.2, 0.25) is 5.02 Å². The van der Waals surface area contributed by atoms with Crippen LogP contribution in [0.3, 0.4) is 0 Å². The van der Waals surface area contributed by atoms with Gasteiger partial charge in [-0.3, -0.25) is 0 Å². The molecule has 0 saturated heterocycles. The molecule has 3 heteroatoms. The molecule has 0 fully saturated rings. The summed E-state index contributed by atoms with van der Waals surface area (Å²) in [5.41, 5.74) is 0.563. The van der Waals surface area contributed by atoms with Crippen LogP contribution in [0.4, 0.5) is 4.39 Å². The molecule has 1 atom stereocenters. The van der Waals surface area contributed by atoms with Crippen molar-refractivity contribution in [2.75, 3.05) is 0 Å².